The normalized spacial score (nSPS) is 11.6. The molecule has 20 heavy (non-hydrogen) atoms. The summed E-state index contributed by atoms with van der Waals surface area (Å²) >= 11 is 1.71. The van der Waals surface area contributed by atoms with Crippen LogP contribution in [0.2, 0.25) is 0 Å². The lowest BCUT2D eigenvalue weighted by molar-refractivity contribution is 0.589. The molecule has 0 bridgehead atoms. The highest BCUT2D eigenvalue weighted by Crippen LogP contribution is 2.22. The van der Waals surface area contributed by atoms with Crippen LogP contribution in [0.15, 0.2) is 42.0 Å². The van der Waals surface area contributed by atoms with Crippen LogP contribution in [0.5, 0.6) is 0 Å². The number of aromatic nitrogens is 2. The van der Waals surface area contributed by atoms with Crippen molar-refractivity contribution in [2.24, 2.45) is 0 Å². The molecule has 0 fully saturated rings. The predicted octanol–water partition coefficient (Wildman–Crippen LogP) is 3.64. The monoisotopic (exact) mass is 285 g/mol. The quantitative estimate of drug-likeness (QED) is 0.775. The van der Waals surface area contributed by atoms with Crippen LogP contribution < -0.4 is 5.32 Å². The van der Waals surface area contributed by atoms with Crippen LogP contribution in [0.25, 0.3) is 10.9 Å². The second-order valence-corrected chi connectivity index (χ2v) is 6.24. The minimum Gasteiger partial charge on any atom is -0.340 e. The second-order valence-electron chi connectivity index (χ2n) is 5.26. The maximum atomic E-state index is 4.38. The third-order valence-corrected chi connectivity index (χ3v) is 4.13. The fourth-order valence-corrected chi connectivity index (χ4v) is 3.00. The van der Waals surface area contributed by atoms with Gasteiger partial charge in [-0.05, 0) is 11.6 Å². The van der Waals surface area contributed by atoms with Crippen molar-refractivity contribution in [3.63, 3.8) is 0 Å². The van der Waals surface area contributed by atoms with E-state index in [0.717, 1.165) is 18.1 Å². The molecule has 4 heteroatoms. The summed E-state index contributed by atoms with van der Waals surface area (Å²) in [6.07, 6.45) is 4.12. The van der Waals surface area contributed by atoms with E-state index in [9.17, 15) is 0 Å². The van der Waals surface area contributed by atoms with E-state index in [1.807, 2.05) is 11.6 Å². The van der Waals surface area contributed by atoms with Crippen LogP contribution in [0.1, 0.15) is 24.4 Å². The Bertz CT molecular complexity index is 683. The molecule has 1 aromatic carbocycles. The topological polar surface area (TPSA) is 29.9 Å². The Morgan fingerprint density at radius 2 is 2.15 bits per heavy atom. The third kappa shape index (κ3) is 2.76. The number of fused-ring (bicyclic) bond motifs is 1. The first kappa shape index (κ1) is 13.3. The molecule has 1 N–H and O–H groups in total. The Balaban J connectivity index is 1.95. The predicted molar refractivity (Wildman–Crippen MR) is 85.1 cm³/mol. The van der Waals surface area contributed by atoms with Crippen molar-refractivity contribution in [2.75, 3.05) is 0 Å². The molecule has 0 aliphatic rings. The summed E-state index contributed by atoms with van der Waals surface area (Å²) in [6, 6.07) is 9.08. The Hall–Kier alpha value is -1.65. The summed E-state index contributed by atoms with van der Waals surface area (Å²) in [5.41, 5.74) is 2.63. The van der Waals surface area contributed by atoms with Crippen LogP contribution in [-0.4, -0.2) is 15.6 Å². The van der Waals surface area contributed by atoms with Crippen LogP contribution in [0.4, 0.5) is 0 Å². The molecule has 0 unspecified atom stereocenters. The number of benzene rings is 1. The minimum absolute atomic E-state index is 0.496. The van der Waals surface area contributed by atoms with Gasteiger partial charge in [-0.2, -0.15) is 0 Å². The smallest absolute Gasteiger partial charge is 0.112 e. The van der Waals surface area contributed by atoms with E-state index in [0.29, 0.717) is 6.04 Å². The summed E-state index contributed by atoms with van der Waals surface area (Å²) in [7, 11) is 0. The number of rotatable bonds is 5. The van der Waals surface area contributed by atoms with E-state index >= 15 is 0 Å². The molecule has 3 nitrogen and oxygen atoms in total. The fraction of sp³-hybridized carbons (Fsp3) is 0.312. The van der Waals surface area contributed by atoms with Gasteiger partial charge in [0.2, 0.25) is 0 Å². The maximum Gasteiger partial charge on any atom is 0.112 e. The van der Waals surface area contributed by atoms with E-state index in [1.54, 1.807) is 11.3 Å². The molecular formula is C16H19N3S. The first-order valence-corrected chi connectivity index (χ1v) is 7.80. The lowest BCUT2D eigenvalue weighted by Gasteiger charge is -2.06. The lowest BCUT2D eigenvalue weighted by atomic mass is 10.2. The molecule has 0 atom stereocenters. The van der Waals surface area contributed by atoms with Crippen molar-refractivity contribution >= 4 is 22.2 Å². The van der Waals surface area contributed by atoms with Crippen molar-refractivity contribution in [2.45, 2.75) is 33.0 Å². The number of nitrogens with zero attached hydrogens (tertiary/aromatic N) is 2. The second kappa shape index (κ2) is 5.77. The van der Waals surface area contributed by atoms with Crippen LogP contribution in [0, 0.1) is 0 Å². The third-order valence-electron chi connectivity index (χ3n) is 3.36. The van der Waals surface area contributed by atoms with Crippen molar-refractivity contribution in [3.05, 3.63) is 52.6 Å². The average molecular weight is 285 g/mol. The number of nitrogens with one attached hydrogen (secondary N) is 1. The van der Waals surface area contributed by atoms with E-state index in [4.69, 9.17) is 0 Å². The molecule has 0 saturated heterocycles. The first-order chi connectivity index (χ1) is 9.74. The van der Waals surface area contributed by atoms with Gasteiger partial charge < -0.3 is 9.88 Å². The van der Waals surface area contributed by atoms with Crippen LogP contribution >= 0.6 is 11.3 Å². The molecular weight excluding hydrogens is 266 g/mol. The van der Waals surface area contributed by atoms with Gasteiger partial charge in [0.25, 0.3) is 0 Å². The Morgan fingerprint density at radius 3 is 2.90 bits per heavy atom. The van der Waals surface area contributed by atoms with Crippen LogP contribution in [0.3, 0.4) is 0 Å². The van der Waals surface area contributed by atoms with Gasteiger partial charge in [0, 0.05) is 41.3 Å². The van der Waals surface area contributed by atoms with Gasteiger partial charge in [-0.25, -0.2) is 4.98 Å². The molecule has 104 valence electrons. The standard InChI is InChI=1S/C16H19N3S/c1-12(2)18-9-13-10-19(11-16-17-7-8-20-16)15-6-4-3-5-14(13)15/h3-8,10,12,18H,9,11H2,1-2H3. The fourth-order valence-electron chi connectivity index (χ4n) is 2.39. The Labute approximate surface area is 123 Å². The lowest BCUT2D eigenvalue weighted by Crippen LogP contribution is -2.21. The summed E-state index contributed by atoms with van der Waals surface area (Å²) in [6.45, 7) is 6.10. The van der Waals surface area contributed by atoms with E-state index in [1.165, 1.54) is 16.5 Å². The molecule has 0 spiro atoms. The molecule has 0 radical (unpaired) electrons. The van der Waals surface area contributed by atoms with Gasteiger partial charge in [-0.15, -0.1) is 11.3 Å². The van der Waals surface area contributed by atoms with E-state index < -0.39 is 0 Å². The van der Waals surface area contributed by atoms with Gasteiger partial charge in [0.15, 0.2) is 0 Å². The van der Waals surface area contributed by atoms with Crippen molar-refractivity contribution < 1.29 is 0 Å². The number of hydrogen-bond acceptors (Lipinski definition) is 3. The Morgan fingerprint density at radius 1 is 1.30 bits per heavy atom. The molecule has 0 aliphatic carbocycles. The molecule has 3 rings (SSSR count). The first-order valence-electron chi connectivity index (χ1n) is 6.92. The Kier molecular flexibility index (Phi) is 3.85. The summed E-state index contributed by atoms with van der Waals surface area (Å²) in [5, 5.41) is 8.01. The summed E-state index contributed by atoms with van der Waals surface area (Å²) < 4.78 is 2.30. The highest BCUT2D eigenvalue weighted by Gasteiger charge is 2.09. The summed E-state index contributed by atoms with van der Waals surface area (Å²) in [5.74, 6) is 0. The van der Waals surface area contributed by atoms with E-state index in [-0.39, 0.29) is 0 Å². The van der Waals surface area contributed by atoms with Crippen molar-refractivity contribution in [3.8, 4) is 0 Å². The molecule has 2 heterocycles. The summed E-state index contributed by atoms with van der Waals surface area (Å²) in [4.78, 5) is 4.38. The molecule has 3 aromatic rings. The zero-order valence-electron chi connectivity index (χ0n) is 11.8. The van der Waals surface area contributed by atoms with Crippen molar-refractivity contribution in [1.29, 1.82) is 0 Å². The maximum absolute atomic E-state index is 4.38. The number of hydrogen-bond donors (Lipinski definition) is 1. The van der Waals surface area contributed by atoms with Gasteiger partial charge in [-0.1, -0.05) is 32.0 Å². The van der Waals surface area contributed by atoms with E-state index in [2.05, 4.69) is 59.2 Å². The average Bonchev–Trinajstić information content (AvgIpc) is 3.06. The minimum atomic E-state index is 0.496. The largest absolute Gasteiger partial charge is 0.340 e. The SMILES string of the molecule is CC(C)NCc1cn(Cc2nccs2)c2ccccc12. The van der Waals surface area contributed by atoms with Gasteiger partial charge in [-0.3, -0.25) is 0 Å². The number of thiazole rings is 1. The van der Waals surface area contributed by atoms with Crippen molar-refractivity contribution in [1.82, 2.24) is 14.9 Å². The highest BCUT2D eigenvalue weighted by atomic mass is 32.1. The van der Waals surface area contributed by atoms with Gasteiger partial charge in [0.1, 0.15) is 5.01 Å². The van der Waals surface area contributed by atoms with Gasteiger partial charge in [0.05, 0.1) is 6.54 Å². The zero-order chi connectivity index (χ0) is 13.9. The number of para-hydroxylation sites is 1. The molecule has 2 aromatic heterocycles. The molecule has 0 saturated carbocycles. The van der Waals surface area contributed by atoms with Gasteiger partial charge >= 0.3 is 0 Å². The van der Waals surface area contributed by atoms with Crippen LogP contribution in [-0.2, 0) is 13.1 Å². The zero-order valence-corrected chi connectivity index (χ0v) is 12.7. The highest BCUT2D eigenvalue weighted by molar-refractivity contribution is 7.09. The molecule has 0 aliphatic heterocycles. The molecule has 0 amide bonds.